The lowest BCUT2D eigenvalue weighted by atomic mass is 9.95. The molecule has 0 rings (SSSR count). The van der Waals surface area contributed by atoms with E-state index in [9.17, 15) is 0 Å². The van der Waals surface area contributed by atoms with E-state index in [1.54, 1.807) is 5.57 Å². The molecule has 0 N–H and O–H groups in total. The Morgan fingerprint density at radius 1 is 0.783 bits per heavy atom. The highest BCUT2D eigenvalue weighted by atomic mass is 14.1. The van der Waals surface area contributed by atoms with Crippen molar-refractivity contribution in [2.45, 2.75) is 111 Å². The van der Waals surface area contributed by atoms with Crippen molar-refractivity contribution >= 4 is 0 Å². The average molecular weight is 321 g/mol. The van der Waals surface area contributed by atoms with E-state index in [1.165, 1.54) is 83.5 Å². The van der Waals surface area contributed by atoms with Crippen LogP contribution in [0, 0.1) is 11.8 Å². The zero-order valence-corrected chi connectivity index (χ0v) is 16.7. The average Bonchev–Trinajstić information content (AvgIpc) is 2.49. The van der Waals surface area contributed by atoms with Crippen LogP contribution in [0.3, 0.4) is 0 Å². The Labute approximate surface area is 147 Å². The third kappa shape index (κ3) is 17.7. The largest absolute Gasteiger partial charge is 0.103 e. The van der Waals surface area contributed by atoms with Crippen LogP contribution in [0.4, 0.5) is 0 Å². The fraction of sp³-hybridized carbons (Fsp3) is 0.826. The van der Waals surface area contributed by atoms with E-state index >= 15 is 0 Å². The molecule has 0 aliphatic carbocycles. The Balaban J connectivity index is 3.47. The number of allylic oxidation sites excluding steroid dienone is 3. The second kappa shape index (κ2) is 16.3. The van der Waals surface area contributed by atoms with Crippen molar-refractivity contribution in [1.29, 1.82) is 0 Å². The summed E-state index contributed by atoms with van der Waals surface area (Å²) in [4.78, 5) is 0. The van der Waals surface area contributed by atoms with Crippen LogP contribution >= 0.6 is 0 Å². The number of hydrogen-bond donors (Lipinski definition) is 0. The van der Waals surface area contributed by atoms with Crippen LogP contribution in [0.5, 0.6) is 0 Å². The van der Waals surface area contributed by atoms with Gasteiger partial charge >= 0.3 is 0 Å². The molecule has 0 heterocycles. The van der Waals surface area contributed by atoms with Gasteiger partial charge in [-0.25, -0.2) is 0 Å². The predicted molar refractivity (Wildman–Crippen MR) is 108 cm³/mol. The molecule has 0 spiro atoms. The zero-order chi connectivity index (χ0) is 17.3. The van der Waals surface area contributed by atoms with Gasteiger partial charge < -0.3 is 0 Å². The van der Waals surface area contributed by atoms with Gasteiger partial charge in [-0.2, -0.15) is 0 Å². The molecular formula is C23H44. The molecule has 23 heavy (non-hydrogen) atoms. The monoisotopic (exact) mass is 320 g/mol. The molecule has 0 fully saturated rings. The Kier molecular flexibility index (Phi) is 16.0. The van der Waals surface area contributed by atoms with Crippen LogP contribution in [0.2, 0.25) is 0 Å². The van der Waals surface area contributed by atoms with Gasteiger partial charge in [0.2, 0.25) is 0 Å². The summed E-state index contributed by atoms with van der Waals surface area (Å²) in [6.45, 7) is 13.2. The van der Waals surface area contributed by atoms with Crippen LogP contribution in [0.25, 0.3) is 0 Å². The summed E-state index contributed by atoms with van der Waals surface area (Å²) >= 11 is 0. The minimum absolute atomic E-state index is 0.867. The van der Waals surface area contributed by atoms with Crippen molar-refractivity contribution in [2.24, 2.45) is 11.8 Å². The Hall–Kier alpha value is -0.520. The van der Waals surface area contributed by atoms with Crippen LogP contribution in [0.1, 0.15) is 111 Å². The van der Waals surface area contributed by atoms with Crippen molar-refractivity contribution in [3.8, 4) is 0 Å². The van der Waals surface area contributed by atoms with E-state index < -0.39 is 0 Å². The van der Waals surface area contributed by atoms with E-state index in [1.807, 2.05) is 6.08 Å². The van der Waals surface area contributed by atoms with Crippen molar-refractivity contribution in [2.75, 3.05) is 0 Å². The van der Waals surface area contributed by atoms with Crippen molar-refractivity contribution in [1.82, 2.24) is 0 Å². The molecule has 0 aromatic rings. The molecular weight excluding hydrogens is 276 g/mol. The SMILES string of the molecule is C=CCCCCCCCC/C(C)=C/CCC(C)CCCC(C)C. The summed E-state index contributed by atoms with van der Waals surface area (Å²) in [6, 6.07) is 0. The third-order valence-electron chi connectivity index (χ3n) is 4.86. The maximum Gasteiger partial charge on any atom is -0.0323 e. The molecule has 0 saturated carbocycles. The first-order valence-electron chi connectivity index (χ1n) is 10.3. The lowest BCUT2D eigenvalue weighted by Crippen LogP contribution is -1.96. The van der Waals surface area contributed by atoms with Gasteiger partial charge in [-0.05, 0) is 57.3 Å². The lowest BCUT2D eigenvalue weighted by Gasteiger charge is -2.11. The van der Waals surface area contributed by atoms with Crippen LogP contribution in [-0.4, -0.2) is 0 Å². The Bertz CT molecular complexity index is 284. The first-order valence-corrected chi connectivity index (χ1v) is 10.3. The fourth-order valence-corrected chi connectivity index (χ4v) is 3.13. The molecule has 0 heteroatoms. The number of rotatable bonds is 16. The van der Waals surface area contributed by atoms with Gasteiger partial charge in [-0.3, -0.25) is 0 Å². The van der Waals surface area contributed by atoms with Crippen molar-refractivity contribution < 1.29 is 0 Å². The van der Waals surface area contributed by atoms with Gasteiger partial charge in [0.1, 0.15) is 0 Å². The molecule has 0 amide bonds. The van der Waals surface area contributed by atoms with E-state index in [2.05, 4.69) is 40.3 Å². The lowest BCUT2D eigenvalue weighted by molar-refractivity contribution is 0.439. The second-order valence-corrected chi connectivity index (χ2v) is 8.01. The van der Waals surface area contributed by atoms with Crippen molar-refractivity contribution in [3.05, 3.63) is 24.3 Å². The van der Waals surface area contributed by atoms with Crippen molar-refractivity contribution in [3.63, 3.8) is 0 Å². The minimum atomic E-state index is 0.867. The van der Waals surface area contributed by atoms with E-state index in [4.69, 9.17) is 0 Å². The molecule has 0 nitrogen and oxygen atoms in total. The molecule has 136 valence electrons. The molecule has 0 aromatic heterocycles. The van der Waals surface area contributed by atoms with Gasteiger partial charge in [-0.1, -0.05) is 83.4 Å². The number of hydrogen-bond acceptors (Lipinski definition) is 0. The first-order chi connectivity index (χ1) is 11.1. The normalized spacial score (nSPS) is 13.5. The maximum absolute atomic E-state index is 3.78. The molecule has 0 radical (unpaired) electrons. The highest BCUT2D eigenvalue weighted by Gasteiger charge is 2.02. The third-order valence-corrected chi connectivity index (χ3v) is 4.86. The summed E-state index contributed by atoms with van der Waals surface area (Å²) in [5.41, 5.74) is 1.62. The number of unbranched alkanes of at least 4 members (excludes halogenated alkanes) is 6. The highest BCUT2D eigenvalue weighted by Crippen LogP contribution is 2.18. The minimum Gasteiger partial charge on any atom is -0.103 e. The summed E-state index contributed by atoms with van der Waals surface area (Å²) in [5.74, 6) is 1.76. The quantitative estimate of drug-likeness (QED) is 0.197. The standard InChI is InChI=1S/C23H44/c1-6-7-8-9-10-11-12-13-17-22(4)19-15-20-23(5)18-14-16-21(2)3/h6,19,21,23H,1,7-18,20H2,2-5H3/b22-19+. The van der Waals surface area contributed by atoms with E-state index in [-0.39, 0.29) is 0 Å². The summed E-state index contributed by atoms with van der Waals surface area (Å²) < 4.78 is 0. The molecule has 0 bridgehead atoms. The van der Waals surface area contributed by atoms with Gasteiger partial charge in [0.15, 0.2) is 0 Å². The van der Waals surface area contributed by atoms with E-state index in [0.29, 0.717) is 0 Å². The maximum atomic E-state index is 3.78. The summed E-state index contributed by atoms with van der Waals surface area (Å²) in [7, 11) is 0. The van der Waals surface area contributed by atoms with Gasteiger partial charge in [-0.15, -0.1) is 6.58 Å². The zero-order valence-electron chi connectivity index (χ0n) is 16.7. The van der Waals surface area contributed by atoms with Crippen LogP contribution < -0.4 is 0 Å². The fourth-order valence-electron chi connectivity index (χ4n) is 3.13. The predicted octanol–water partition coefficient (Wildman–Crippen LogP) is 8.48. The van der Waals surface area contributed by atoms with Gasteiger partial charge in [0.25, 0.3) is 0 Å². The molecule has 0 saturated heterocycles. The van der Waals surface area contributed by atoms with E-state index in [0.717, 1.165) is 11.8 Å². The van der Waals surface area contributed by atoms with Crippen LogP contribution in [0.15, 0.2) is 24.3 Å². The molecule has 0 aliphatic rings. The van der Waals surface area contributed by atoms with Crippen LogP contribution in [-0.2, 0) is 0 Å². The summed E-state index contributed by atoms with van der Waals surface area (Å²) in [5, 5.41) is 0. The Morgan fingerprint density at radius 3 is 2.09 bits per heavy atom. The smallest absolute Gasteiger partial charge is 0.0323 e. The Morgan fingerprint density at radius 2 is 1.43 bits per heavy atom. The highest BCUT2D eigenvalue weighted by molar-refractivity contribution is 4.97. The van der Waals surface area contributed by atoms with Gasteiger partial charge in [0, 0.05) is 0 Å². The van der Waals surface area contributed by atoms with Gasteiger partial charge in [0.05, 0.1) is 0 Å². The molecule has 0 aromatic carbocycles. The molecule has 1 unspecified atom stereocenters. The second-order valence-electron chi connectivity index (χ2n) is 8.01. The summed E-state index contributed by atoms with van der Waals surface area (Å²) in [6.07, 6.45) is 22.3. The molecule has 0 aliphatic heterocycles. The molecule has 1 atom stereocenters. The first kappa shape index (κ1) is 22.5. The topological polar surface area (TPSA) is 0 Å².